The molecule has 4 N–H and O–H groups in total. The minimum atomic E-state index is -4.21. The van der Waals surface area contributed by atoms with E-state index in [1.165, 1.54) is 0 Å². The summed E-state index contributed by atoms with van der Waals surface area (Å²) in [5, 5.41) is 0. The Morgan fingerprint density at radius 2 is 1.21 bits per heavy atom. The van der Waals surface area contributed by atoms with Gasteiger partial charge < -0.3 is 11.5 Å². The summed E-state index contributed by atoms with van der Waals surface area (Å²) < 4.78 is 90.5. The zero-order chi connectivity index (χ0) is 15.0. The third-order valence-corrected chi connectivity index (χ3v) is 1.98. The van der Waals surface area contributed by atoms with E-state index in [1.807, 2.05) is 0 Å². The summed E-state index contributed by atoms with van der Waals surface area (Å²) in [6, 6.07) is -4.21. The number of hydrogen-bond acceptors (Lipinski definition) is 1. The third-order valence-electron chi connectivity index (χ3n) is 1.98. The number of aliphatic imine (C=N–C) groups is 1. The van der Waals surface area contributed by atoms with Crippen molar-refractivity contribution in [1.29, 1.82) is 0 Å². The summed E-state index contributed by atoms with van der Waals surface area (Å²) in [5.41, 5.74) is 7.59. The van der Waals surface area contributed by atoms with Gasteiger partial charge in [0.1, 0.15) is 0 Å². The number of nitrogens with zero attached hydrogens (tertiary/aromatic N) is 1. The van der Waals surface area contributed by atoms with Gasteiger partial charge >= 0.3 is 6.05 Å². The highest BCUT2D eigenvalue weighted by molar-refractivity contribution is 5.76. The summed E-state index contributed by atoms with van der Waals surface area (Å²) in [4.78, 5) is 2.34. The van der Waals surface area contributed by atoms with Crippen LogP contribution in [-0.2, 0) is 6.42 Å². The van der Waals surface area contributed by atoms with Crippen molar-refractivity contribution in [3.63, 3.8) is 0 Å². The van der Waals surface area contributed by atoms with Crippen LogP contribution in [0.4, 0.5) is 30.7 Å². The quantitative estimate of drug-likeness (QED) is 0.222. The Hall–Kier alpha value is -2.00. The highest BCUT2D eigenvalue weighted by atomic mass is 19.3. The van der Waals surface area contributed by atoms with E-state index in [0.717, 1.165) is 0 Å². The first-order valence-corrected chi connectivity index (χ1v) is 4.55. The van der Waals surface area contributed by atoms with E-state index in [-0.39, 0.29) is 0 Å². The number of halogens is 7. The lowest BCUT2D eigenvalue weighted by Gasteiger charge is -2.13. The van der Waals surface area contributed by atoms with Crippen LogP contribution >= 0.6 is 0 Å². The van der Waals surface area contributed by atoms with Crippen molar-refractivity contribution in [3.8, 4) is 0 Å². The highest BCUT2D eigenvalue weighted by Gasteiger charge is 2.35. The van der Waals surface area contributed by atoms with Crippen molar-refractivity contribution >= 4 is 5.96 Å². The Kier molecular flexibility index (Phi) is 3.91. The molecule has 0 unspecified atom stereocenters. The second-order valence-corrected chi connectivity index (χ2v) is 3.43. The number of benzene rings is 1. The molecule has 0 saturated carbocycles. The summed E-state index contributed by atoms with van der Waals surface area (Å²) in [6.45, 7) is 0. The number of alkyl halides is 2. The molecule has 0 spiro atoms. The molecule has 0 aliphatic rings. The molecule has 0 saturated heterocycles. The van der Waals surface area contributed by atoms with Gasteiger partial charge in [-0.25, -0.2) is 22.0 Å². The molecular weight excluding hydrogens is 283 g/mol. The van der Waals surface area contributed by atoms with Crippen LogP contribution in [0.25, 0.3) is 0 Å². The van der Waals surface area contributed by atoms with Gasteiger partial charge in [0, 0.05) is 5.56 Å². The molecule has 0 atom stereocenters. The zero-order valence-electron chi connectivity index (χ0n) is 8.95. The van der Waals surface area contributed by atoms with Gasteiger partial charge in [0.05, 0.1) is 6.42 Å². The van der Waals surface area contributed by atoms with E-state index in [0.29, 0.717) is 0 Å². The molecule has 0 aromatic heterocycles. The Balaban J connectivity index is 3.34. The number of hydrogen-bond donors (Lipinski definition) is 2. The zero-order valence-corrected chi connectivity index (χ0v) is 8.95. The van der Waals surface area contributed by atoms with Crippen LogP contribution in [0.2, 0.25) is 0 Å². The monoisotopic (exact) mass is 289 g/mol. The molecule has 0 amide bonds. The SMILES string of the molecule is NC(N)=NC(F)(F)Cc1c(F)c(F)c(F)c(F)c1F. The molecule has 0 aliphatic heterocycles. The fraction of sp³-hybridized carbons (Fsp3) is 0.222. The molecule has 1 aromatic carbocycles. The van der Waals surface area contributed by atoms with Crippen molar-refractivity contribution in [3.05, 3.63) is 34.6 Å². The molecule has 0 fully saturated rings. The maximum atomic E-state index is 13.1. The predicted molar refractivity (Wildman–Crippen MR) is 50.7 cm³/mol. The molecule has 1 rings (SSSR count). The fourth-order valence-corrected chi connectivity index (χ4v) is 1.25. The second-order valence-electron chi connectivity index (χ2n) is 3.43. The first-order chi connectivity index (χ1) is 8.57. The summed E-state index contributed by atoms with van der Waals surface area (Å²) in [5.74, 6) is -12.9. The molecule has 1 aromatic rings. The van der Waals surface area contributed by atoms with Crippen LogP contribution < -0.4 is 11.5 Å². The van der Waals surface area contributed by atoms with Crippen LogP contribution in [0.3, 0.4) is 0 Å². The number of rotatable bonds is 3. The van der Waals surface area contributed by atoms with Crippen molar-refractivity contribution in [1.82, 2.24) is 0 Å². The minimum Gasteiger partial charge on any atom is -0.370 e. The van der Waals surface area contributed by atoms with E-state index >= 15 is 0 Å². The third kappa shape index (κ3) is 3.06. The van der Waals surface area contributed by atoms with Gasteiger partial charge in [0.25, 0.3) is 0 Å². The Morgan fingerprint density at radius 3 is 1.58 bits per heavy atom. The predicted octanol–water partition coefficient (Wildman–Crippen LogP) is 1.79. The van der Waals surface area contributed by atoms with E-state index in [1.54, 1.807) is 0 Å². The maximum Gasteiger partial charge on any atom is 0.349 e. The van der Waals surface area contributed by atoms with Crippen LogP contribution in [0, 0.1) is 29.1 Å². The van der Waals surface area contributed by atoms with Crippen LogP contribution in [-0.4, -0.2) is 12.0 Å². The van der Waals surface area contributed by atoms with Gasteiger partial charge in [0.2, 0.25) is 5.82 Å². The number of nitrogens with two attached hydrogens (primary N) is 2. The largest absolute Gasteiger partial charge is 0.370 e. The van der Waals surface area contributed by atoms with Crippen molar-refractivity contribution in [2.45, 2.75) is 12.5 Å². The molecule has 19 heavy (non-hydrogen) atoms. The van der Waals surface area contributed by atoms with Gasteiger partial charge in [-0.15, -0.1) is 0 Å². The normalized spacial score (nSPS) is 11.5. The maximum absolute atomic E-state index is 13.1. The highest BCUT2D eigenvalue weighted by Crippen LogP contribution is 2.29. The average Bonchev–Trinajstić information content (AvgIpc) is 2.28. The van der Waals surface area contributed by atoms with Gasteiger partial charge in [-0.2, -0.15) is 13.8 Å². The first kappa shape index (κ1) is 15.1. The standard InChI is InChI=1S/C9H6F7N3/c10-3-2(1-9(15,16)19-8(17)18)4(11)6(13)7(14)5(3)12/h1H2,(H4,17,18,19). The molecule has 106 valence electrons. The smallest absolute Gasteiger partial charge is 0.349 e. The average molecular weight is 289 g/mol. The summed E-state index contributed by atoms with van der Waals surface area (Å²) >= 11 is 0. The molecular formula is C9H6F7N3. The van der Waals surface area contributed by atoms with Crippen molar-refractivity contribution in [2.75, 3.05) is 0 Å². The van der Waals surface area contributed by atoms with E-state index < -0.39 is 53.1 Å². The van der Waals surface area contributed by atoms with Crippen LogP contribution in [0.15, 0.2) is 4.99 Å². The van der Waals surface area contributed by atoms with Crippen molar-refractivity contribution in [2.24, 2.45) is 16.5 Å². The lowest BCUT2D eigenvalue weighted by molar-refractivity contribution is 0.00939. The van der Waals surface area contributed by atoms with Gasteiger partial charge in [0.15, 0.2) is 29.2 Å². The second kappa shape index (κ2) is 4.94. The Labute approximate surface area is 101 Å². The Morgan fingerprint density at radius 1 is 0.842 bits per heavy atom. The lowest BCUT2D eigenvalue weighted by atomic mass is 10.1. The van der Waals surface area contributed by atoms with E-state index in [9.17, 15) is 30.7 Å². The van der Waals surface area contributed by atoms with E-state index in [4.69, 9.17) is 0 Å². The molecule has 3 nitrogen and oxygen atoms in total. The molecule has 10 heteroatoms. The lowest BCUT2D eigenvalue weighted by Crippen LogP contribution is -2.30. The van der Waals surface area contributed by atoms with Gasteiger partial charge in [-0.1, -0.05) is 0 Å². The molecule has 0 radical (unpaired) electrons. The summed E-state index contributed by atoms with van der Waals surface area (Å²) in [7, 11) is 0. The van der Waals surface area contributed by atoms with Crippen molar-refractivity contribution < 1.29 is 30.7 Å². The Bertz CT molecular complexity index is 508. The van der Waals surface area contributed by atoms with Gasteiger partial charge in [-0.05, 0) is 0 Å². The van der Waals surface area contributed by atoms with Crippen LogP contribution in [0.1, 0.15) is 5.56 Å². The summed E-state index contributed by atoms with van der Waals surface area (Å²) in [6.07, 6.45) is -1.88. The fourth-order valence-electron chi connectivity index (χ4n) is 1.25. The molecule has 0 aliphatic carbocycles. The topological polar surface area (TPSA) is 64.4 Å². The van der Waals surface area contributed by atoms with Gasteiger partial charge in [-0.3, -0.25) is 0 Å². The van der Waals surface area contributed by atoms with E-state index in [2.05, 4.69) is 16.5 Å². The first-order valence-electron chi connectivity index (χ1n) is 4.55. The van der Waals surface area contributed by atoms with Crippen LogP contribution in [0.5, 0.6) is 0 Å². The minimum absolute atomic E-state index is 1.10. The molecule has 0 bridgehead atoms. The molecule has 0 heterocycles. The number of guanidine groups is 1.